The van der Waals surface area contributed by atoms with Gasteiger partial charge in [-0.1, -0.05) is 11.6 Å². The van der Waals surface area contributed by atoms with Crippen LogP contribution in [0.15, 0.2) is 47.4 Å². The monoisotopic (exact) mass is 440 g/mol. The van der Waals surface area contributed by atoms with Gasteiger partial charge in [-0.15, -0.1) is 0 Å². The number of nitrogens with one attached hydrogen (secondary N) is 1. The number of amides is 1. The molecule has 1 N–H and O–H groups in total. The Hall–Kier alpha value is -2.49. The molecule has 29 heavy (non-hydrogen) atoms. The number of hydrogen-bond acceptors (Lipinski definition) is 5. The number of rotatable bonds is 6. The van der Waals surface area contributed by atoms with Gasteiger partial charge in [0.05, 0.1) is 10.6 Å². The molecule has 1 heterocycles. The molecule has 0 aliphatic carbocycles. The molecule has 0 atom stereocenters. The minimum Gasteiger partial charge on any atom is -0.452 e. The highest BCUT2D eigenvalue weighted by molar-refractivity contribution is 7.89. The van der Waals surface area contributed by atoms with Crippen molar-refractivity contribution in [2.75, 3.05) is 25.0 Å². The largest absolute Gasteiger partial charge is 0.452 e. The molecule has 0 unspecified atom stereocenters. The van der Waals surface area contributed by atoms with Crippen LogP contribution in [0, 0.1) is 5.82 Å². The SMILES string of the molecule is O=C(COC(=O)c1ccc(Cl)c(S(=O)(=O)N2CCCC2)c1)Nc1ccc(F)cc1. The molecule has 0 radical (unpaired) electrons. The molecule has 1 aliphatic rings. The Labute approximate surface area is 172 Å². The van der Waals surface area contributed by atoms with E-state index in [0.717, 1.165) is 18.9 Å². The van der Waals surface area contributed by atoms with Crippen LogP contribution >= 0.6 is 11.6 Å². The van der Waals surface area contributed by atoms with E-state index in [0.29, 0.717) is 18.8 Å². The lowest BCUT2D eigenvalue weighted by Crippen LogP contribution is -2.28. The number of ether oxygens (including phenoxy) is 1. The summed E-state index contributed by atoms with van der Waals surface area (Å²) < 4.78 is 44.6. The normalized spacial score (nSPS) is 14.6. The lowest BCUT2D eigenvalue weighted by atomic mass is 10.2. The second-order valence-corrected chi connectivity index (χ2v) is 8.70. The zero-order valence-corrected chi connectivity index (χ0v) is 16.8. The average molecular weight is 441 g/mol. The van der Waals surface area contributed by atoms with Crippen LogP contribution in [0.2, 0.25) is 5.02 Å². The fraction of sp³-hybridized carbons (Fsp3) is 0.263. The van der Waals surface area contributed by atoms with Crippen LogP contribution in [0.5, 0.6) is 0 Å². The van der Waals surface area contributed by atoms with E-state index in [1.54, 1.807) is 0 Å². The van der Waals surface area contributed by atoms with Crippen molar-refractivity contribution in [3.8, 4) is 0 Å². The molecule has 0 aromatic heterocycles. The smallest absolute Gasteiger partial charge is 0.338 e. The van der Waals surface area contributed by atoms with Crippen LogP contribution in [-0.2, 0) is 19.6 Å². The van der Waals surface area contributed by atoms with Crippen LogP contribution in [0.4, 0.5) is 10.1 Å². The summed E-state index contributed by atoms with van der Waals surface area (Å²) in [6.45, 7) is 0.209. The van der Waals surface area contributed by atoms with Gasteiger partial charge >= 0.3 is 5.97 Å². The first-order chi connectivity index (χ1) is 13.8. The maximum atomic E-state index is 12.9. The standard InChI is InChI=1S/C19H18ClFN2O5S/c20-16-8-3-13(11-17(16)29(26,27)23-9-1-2-10-23)19(25)28-12-18(24)22-15-6-4-14(21)5-7-15/h3-8,11H,1-2,9-10,12H2,(H,22,24). The quantitative estimate of drug-likeness (QED) is 0.697. The maximum Gasteiger partial charge on any atom is 0.338 e. The van der Waals surface area contributed by atoms with Crippen LogP contribution in [0.25, 0.3) is 0 Å². The zero-order valence-electron chi connectivity index (χ0n) is 15.2. The van der Waals surface area contributed by atoms with Crippen molar-refractivity contribution >= 4 is 39.2 Å². The van der Waals surface area contributed by atoms with Crippen molar-refractivity contribution in [3.05, 3.63) is 58.9 Å². The van der Waals surface area contributed by atoms with E-state index in [1.807, 2.05) is 0 Å². The van der Waals surface area contributed by atoms with Crippen molar-refractivity contribution in [1.82, 2.24) is 4.31 Å². The van der Waals surface area contributed by atoms with E-state index in [2.05, 4.69) is 5.32 Å². The summed E-state index contributed by atoms with van der Waals surface area (Å²) in [7, 11) is -3.82. The third-order valence-corrected chi connectivity index (χ3v) is 6.69. The van der Waals surface area contributed by atoms with Gasteiger partial charge in [-0.25, -0.2) is 17.6 Å². The average Bonchev–Trinajstić information content (AvgIpc) is 3.24. The zero-order chi connectivity index (χ0) is 21.0. The Bertz CT molecular complexity index is 1020. The molecule has 1 aliphatic heterocycles. The van der Waals surface area contributed by atoms with Gasteiger partial charge in [-0.2, -0.15) is 4.31 Å². The molecule has 2 aromatic rings. The minimum absolute atomic E-state index is 0.00232. The Morgan fingerprint density at radius 1 is 1.10 bits per heavy atom. The highest BCUT2D eigenvalue weighted by atomic mass is 35.5. The lowest BCUT2D eigenvalue weighted by Gasteiger charge is -2.17. The van der Waals surface area contributed by atoms with Gasteiger partial charge in [0.1, 0.15) is 10.7 Å². The third-order valence-electron chi connectivity index (χ3n) is 4.31. The van der Waals surface area contributed by atoms with E-state index in [1.165, 1.54) is 40.7 Å². The number of benzene rings is 2. The fourth-order valence-electron chi connectivity index (χ4n) is 2.84. The van der Waals surface area contributed by atoms with Gasteiger partial charge in [0.2, 0.25) is 10.0 Å². The van der Waals surface area contributed by atoms with Gasteiger partial charge in [-0.05, 0) is 55.3 Å². The van der Waals surface area contributed by atoms with Gasteiger partial charge < -0.3 is 10.1 Å². The molecule has 1 amide bonds. The van der Waals surface area contributed by atoms with Crippen molar-refractivity contribution in [2.24, 2.45) is 0 Å². The molecule has 1 saturated heterocycles. The molecular weight excluding hydrogens is 423 g/mol. The van der Waals surface area contributed by atoms with E-state index in [9.17, 15) is 22.4 Å². The summed E-state index contributed by atoms with van der Waals surface area (Å²) in [6, 6.07) is 8.87. The predicted octanol–water partition coefficient (Wildman–Crippen LogP) is 3.06. The highest BCUT2D eigenvalue weighted by Gasteiger charge is 2.30. The molecule has 1 fully saturated rings. The van der Waals surface area contributed by atoms with Crippen molar-refractivity contribution < 1.29 is 27.1 Å². The van der Waals surface area contributed by atoms with E-state index in [-0.39, 0.29) is 15.5 Å². The molecular formula is C19H18ClFN2O5S. The summed E-state index contributed by atoms with van der Waals surface area (Å²) >= 11 is 6.04. The summed E-state index contributed by atoms with van der Waals surface area (Å²) in [6.07, 6.45) is 1.53. The lowest BCUT2D eigenvalue weighted by molar-refractivity contribution is -0.119. The summed E-state index contributed by atoms with van der Waals surface area (Å²) in [4.78, 5) is 24.0. The maximum absolute atomic E-state index is 12.9. The van der Waals surface area contributed by atoms with Crippen LogP contribution in [0.1, 0.15) is 23.2 Å². The molecule has 7 nitrogen and oxygen atoms in total. The van der Waals surface area contributed by atoms with Crippen molar-refractivity contribution in [3.63, 3.8) is 0 Å². The van der Waals surface area contributed by atoms with Gasteiger partial charge in [0.25, 0.3) is 5.91 Å². The first-order valence-electron chi connectivity index (χ1n) is 8.79. The topological polar surface area (TPSA) is 92.8 Å². The number of carbonyl (C=O) groups excluding carboxylic acids is 2. The summed E-state index contributed by atoms with van der Waals surface area (Å²) in [5.74, 6) is -1.94. The Morgan fingerprint density at radius 3 is 2.41 bits per heavy atom. The van der Waals surface area contributed by atoms with Gasteiger partial charge in [0.15, 0.2) is 6.61 Å². The Balaban J connectivity index is 1.66. The Kier molecular flexibility index (Phi) is 6.51. The fourth-order valence-corrected chi connectivity index (χ4v) is 4.86. The second kappa shape index (κ2) is 8.89. The number of sulfonamides is 1. The third kappa shape index (κ3) is 5.11. The summed E-state index contributed by atoms with van der Waals surface area (Å²) in [5.41, 5.74) is 0.305. The minimum atomic E-state index is -3.82. The first-order valence-corrected chi connectivity index (χ1v) is 10.6. The summed E-state index contributed by atoms with van der Waals surface area (Å²) in [5, 5.41) is 2.45. The Morgan fingerprint density at radius 2 is 1.76 bits per heavy atom. The van der Waals surface area contributed by atoms with Gasteiger partial charge in [-0.3, -0.25) is 4.79 Å². The molecule has 2 aromatic carbocycles. The van der Waals surface area contributed by atoms with Crippen LogP contribution < -0.4 is 5.32 Å². The van der Waals surface area contributed by atoms with E-state index in [4.69, 9.17) is 16.3 Å². The second-order valence-electron chi connectivity index (χ2n) is 6.39. The number of esters is 1. The molecule has 154 valence electrons. The van der Waals surface area contributed by atoms with Crippen molar-refractivity contribution in [2.45, 2.75) is 17.7 Å². The number of carbonyl (C=O) groups is 2. The molecule has 3 rings (SSSR count). The molecule has 0 bridgehead atoms. The van der Waals surface area contributed by atoms with Gasteiger partial charge in [0, 0.05) is 18.8 Å². The number of halogens is 2. The molecule has 0 spiro atoms. The number of hydrogen-bond donors (Lipinski definition) is 1. The predicted molar refractivity (Wildman–Crippen MR) is 105 cm³/mol. The highest BCUT2D eigenvalue weighted by Crippen LogP contribution is 2.28. The van der Waals surface area contributed by atoms with Crippen molar-refractivity contribution in [1.29, 1.82) is 0 Å². The van der Waals surface area contributed by atoms with Crippen LogP contribution in [-0.4, -0.2) is 44.3 Å². The number of anilines is 1. The first kappa shape index (κ1) is 21.2. The number of nitrogens with zero attached hydrogens (tertiary/aromatic N) is 1. The molecule has 0 saturated carbocycles. The molecule has 10 heteroatoms. The van der Waals surface area contributed by atoms with Crippen LogP contribution in [0.3, 0.4) is 0 Å². The van der Waals surface area contributed by atoms with E-state index < -0.39 is 34.3 Å². The van der Waals surface area contributed by atoms with E-state index >= 15 is 0 Å².